The first-order chi connectivity index (χ1) is 7.34. The number of fused-ring (bicyclic) bond motifs is 2. The van der Waals surface area contributed by atoms with Crippen molar-refractivity contribution in [2.75, 3.05) is 13.2 Å². The summed E-state index contributed by atoms with van der Waals surface area (Å²) in [6.45, 7) is 1.97. The average Bonchev–Trinajstić information content (AvgIpc) is 2.89. The van der Waals surface area contributed by atoms with E-state index in [1.165, 1.54) is 11.1 Å². The van der Waals surface area contributed by atoms with Gasteiger partial charge < -0.3 is 15.2 Å². The summed E-state index contributed by atoms with van der Waals surface area (Å²) >= 11 is 0. The molecular formula is C12H15NO2. The monoisotopic (exact) mass is 205 g/mol. The lowest BCUT2D eigenvalue weighted by atomic mass is 10.0. The standard InChI is InChI=1S/C12H15NO2/c13-8-9-1-2-10-3-4-12(11(10)7-9)14-5-6-15-12/h1-2,7H,3-6,8,13H2. The fourth-order valence-electron chi connectivity index (χ4n) is 2.51. The molecule has 1 aliphatic heterocycles. The lowest BCUT2D eigenvalue weighted by Crippen LogP contribution is -2.23. The van der Waals surface area contributed by atoms with Gasteiger partial charge in [-0.05, 0) is 23.6 Å². The Hall–Kier alpha value is -0.900. The molecule has 1 fully saturated rings. The van der Waals surface area contributed by atoms with Crippen LogP contribution in [0, 0.1) is 0 Å². The van der Waals surface area contributed by atoms with Gasteiger partial charge in [0, 0.05) is 18.5 Å². The van der Waals surface area contributed by atoms with Crippen molar-refractivity contribution in [3.8, 4) is 0 Å². The molecule has 1 saturated heterocycles. The van der Waals surface area contributed by atoms with E-state index in [0.717, 1.165) is 18.4 Å². The van der Waals surface area contributed by atoms with E-state index in [-0.39, 0.29) is 0 Å². The third kappa shape index (κ3) is 1.31. The maximum Gasteiger partial charge on any atom is 0.195 e. The van der Waals surface area contributed by atoms with Crippen LogP contribution in [-0.4, -0.2) is 13.2 Å². The second-order valence-electron chi connectivity index (χ2n) is 4.15. The first-order valence-corrected chi connectivity index (χ1v) is 5.44. The van der Waals surface area contributed by atoms with E-state index in [0.29, 0.717) is 19.8 Å². The van der Waals surface area contributed by atoms with Crippen molar-refractivity contribution >= 4 is 0 Å². The first-order valence-electron chi connectivity index (χ1n) is 5.44. The van der Waals surface area contributed by atoms with E-state index in [2.05, 4.69) is 18.2 Å². The van der Waals surface area contributed by atoms with Crippen molar-refractivity contribution in [1.82, 2.24) is 0 Å². The summed E-state index contributed by atoms with van der Waals surface area (Å²) in [4.78, 5) is 0. The summed E-state index contributed by atoms with van der Waals surface area (Å²) in [6, 6.07) is 6.37. The fourth-order valence-corrected chi connectivity index (χ4v) is 2.51. The summed E-state index contributed by atoms with van der Waals surface area (Å²) in [5.41, 5.74) is 9.34. The lowest BCUT2D eigenvalue weighted by Gasteiger charge is -2.23. The zero-order valence-corrected chi connectivity index (χ0v) is 8.66. The molecule has 15 heavy (non-hydrogen) atoms. The maximum absolute atomic E-state index is 5.76. The fraction of sp³-hybridized carbons (Fsp3) is 0.500. The highest BCUT2D eigenvalue weighted by atomic mass is 16.7. The van der Waals surface area contributed by atoms with Gasteiger partial charge in [0.2, 0.25) is 0 Å². The molecular weight excluding hydrogens is 190 g/mol. The van der Waals surface area contributed by atoms with E-state index >= 15 is 0 Å². The summed E-state index contributed by atoms with van der Waals surface area (Å²) in [6.07, 6.45) is 1.98. The molecule has 1 aliphatic carbocycles. The topological polar surface area (TPSA) is 44.5 Å². The molecule has 0 unspecified atom stereocenters. The Kier molecular flexibility index (Phi) is 2.06. The molecule has 3 nitrogen and oxygen atoms in total. The zero-order valence-electron chi connectivity index (χ0n) is 8.66. The molecule has 3 heteroatoms. The minimum atomic E-state index is -0.444. The Morgan fingerprint density at radius 2 is 2.07 bits per heavy atom. The summed E-state index contributed by atoms with van der Waals surface area (Å²) in [7, 11) is 0. The molecule has 0 aromatic heterocycles. The molecule has 80 valence electrons. The van der Waals surface area contributed by atoms with Gasteiger partial charge in [-0.3, -0.25) is 0 Å². The predicted molar refractivity (Wildman–Crippen MR) is 56.2 cm³/mol. The number of aryl methyl sites for hydroxylation is 1. The lowest BCUT2D eigenvalue weighted by molar-refractivity contribution is -0.163. The van der Waals surface area contributed by atoms with Gasteiger partial charge in [0.1, 0.15) is 0 Å². The number of nitrogens with two attached hydrogens (primary N) is 1. The molecule has 1 spiro atoms. The van der Waals surface area contributed by atoms with Crippen molar-refractivity contribution in [3.05, 3.63) is 34.9 Å². The summed E-state index contributed by atoms with van der Waals surface area (Å²) in [5, 5.41) is 0. The highest BCUT2D eigenvalue weighted by molar-refractivity contribution is 5.39. The maximum atomic E-state index is 5.76. The smallest absolute Gasteiger partial charge is 0.195 e. The van der Waals surface area contributed by atoms with Crippen molar-refractivity contribution < 1.29 is 9.47 Å². The Labute approximate surface area is 89.2 Å². The van der Waals surface area contributed by atoms with Gasteiger partial charge in [0.15, 0.2) is 5.79 Å². The second-order valence-corrected chi connectivity index (χ2v) is 4.15. The highest BCUT2D eigenvalue weighted by Crippen LogP contribution is 2.43. The van der Waals surface area contributed by atoms with Crippen LogP contribution in [0.25, 0.3) is 0 Å². The number of rotatable bonds is 1. The molecule has 1 aromatic rings. The van der Waals surface area contributed by atoms with Crippen LogP contribution in [0.5, 0.6) is 0 Å². The van der Waals surface area contributed by atoms with Crippen LogP contribution >= 0.6 is 0 Å². The van der Waals surface area contributed by atoms with Crippen LogP contribution in [0.4, 0.5) is 0 Å². The Morgan fingerprint density at radius 3 is 2.80 bits per heavy atom. The van der Waals surface area contributed by atoms with Gasteiger partial charge in [-0.2, -0.15) is 0 Å². The molecule has 0 radical (unpaired) electrons. The molecule has 2 N–H and O–H groups in total. The van der Waals surface area contributed by atoms with Crippen LogP contribution in [0.2, 0.25) is 0 Å². The molecule has 0 bridgehead atoms. The van der Waals surface area contributed by atoms with Crippen LogP contribution < -0.4 is 5.73 Å². The molecule has 2 aliphatic rings. The molecule has 0 amide bonds. The van der Waals surface area contributed by atoms with Gasteiger partial charge >= 0.3 is 0 Å². The Balaban J connectivity index is 2.07. The minimum absolute atomic E-state index is 0.444. The number of benzene rings is 1. The quantitative estimate of drug-likeness (QED) is 0.751. The zero-order chi connectivity index (χ0) is 10.3. The number of ether oxygens (including phenoxy) is 2. The van der Waals surface area contributed by atoms with Crippen molar-refractivity contribution in [3.63, 3.8) is 0 Å². The molecule has 1 aromatic carbocycles. The largest absolute Gasteiger partial charge is 0.343 e. The molecule has 0 atom stereocenters. The minimum Gasteiger partial charge on any atom is -0.343 e. The van der Waals surface area contributed by atoms with Gasteiger partial charge in [-0.15, -0.1) is 0 Å². The number of hydrogen-bond acceptors (Lipinski definition) is 3. The van der Waals surface area contributed by atoms with E-state index in [9.17, 15) is 0 Å². The van der Waals surface area contributed by atoms with Crippen molar-refractivity contribution in [2.24, 2.45) is 5.73 Å². The van der Waals surface area contributed by atoms with Crippen LogP contribution in [0.15, 0.2) is 18.2 Å². The molecule has 0 saturated carbocycles. The van der Waals surface area contributed by atoms with Gasteiger partial charge in [-0.1, -0.05) is 12.1 Å². The first kappa shape index (κ1) is 9.33. The van der Waals surface area contributed by atoms with E-state index in [1.54, 1.807) is 0 Å². The van der Waals surface area contributed by atoms with E-state index in [1.807, 2.05) is 0 Å². The normalized spacial score (nSPS) is 22.2. The average molecular weight is 205 g/mol. The molecule has 3 rings (SSSR count). The third-order valence-electron chi connectivity index (χ3n) is 3.30. The van der Waals surface area contributed by atoms with Crippen LogP contribution in [-0.2, 0) is 28.2 Å². The van der Waals surface area contributed by atoms with E-state index in [4.69, 9.17) is 15.2 Å². The van der Waals surface area contributed by atoms with Gasteiger partial charge in [0.05, 0.1) is 13.2 Å². The predicted octanol–water partition coefficient (Wildman–Crippen LogP) is 1.29. The third-order valence-corrected chi connectivity index (χ3v) is 3.30. The van der Waals surface area contributed by atoms with E-state index < -0.39 is 5.79 Å². The summed E-state index contributed by atoms with van der Waals surface area (Å²) in [5.74, 6) is -0.444. The van der Waals surface area contributed by atoms with Crippen LogP contribution in [0.3, 0.4) is 0 Å². The van der Waals surface area contributed by atoms with Crippen LogP contribution in [0.1, 0.15) is 23.1 Å². The number of hydrogen-bond donors (Lipinski definition) is 1. The SMILES string of the molecule is NCc1ccc2c(c1)C1(CC2)OCCO1. The summed E-state index contributed by atoms with van der Waals surface area (Å²) < 4.78 is 11.5. The highest BCUT2D eigenvalue weighted by Gasteiger charge is 2.43. The Morgan fingerprint density at radius 1 is 1.27 bits per heavy atom. The Bertz CT molecular complexity index is 383. The van der Waals surface area contributed by atoms with Gasteiger partial charge in [0.25, 0.3) is 0 Å². The molecule has 1 heterocycles. The van der Waals surface area contributed by atoms with Gasteiger partial charge in [-0.25, -0.2) is 0 Å². The van der Waals surface area contributed by atoms with Crippen molar-refractivity contribution in [2.45, 2.75) is 25.2 Å². The van der Waals surface area contributed by atoms with Crippen molar-refractivity contribution in [1.29, 1.82) is 0 Å². The second kappa shape index (κ2) is 3.30.